The minimum Gasteiger partial charge on any atom is -0.396 e. The summed E-state index contributed by atoms with van der Waals surface area (Å²) in [7, 11) is -3.97. The minimum absolute atomic E-state index is 0.0878. The lowest BCUT2D eigenvalue weighted by Crippen LogP contribution is -2.33. The zero-order valence-corrected chi connectivity index (χ0v) is 13.9. The van der Waals surface area contributed by atoms with Crippen LogP contribution in [-0.4, -0.2) is 14.5 Å². The molecular weight excluding hydrogens is 315 g/mol. The lowest BCUT2D eigenvalue weighted by atomic mass is 10.1. The minimum atomic E-state index is -3.97. The summed E-state index contributed by atoms with van der Waals surface area (Å²) >= 11 is 5.74. The smallest absolute Gasteiger partial charge is 0.243 e. The van der Waals surface area contributed by atoms with Crippen molar-refractivity contribution in [3.05, 3.63) is 23.0 Å². The molecular formula is C14H22ClFN2O2S. The van der Waals surface area contributed by atoms with Gasteiger partial charge in [0.15, 0.2) is 5.82 Å². The van der Waals surface area contributed by atoms with Crippen molar-refractivity contribution in [2.24, 2.45) is 0 Å². The van der Waals surface area contributed by atoms with Gasteiger partial charge in [0, 0.05) is 11.1 Å². The third-order valence-electron chi connectivity index (χ3n) is 3.17. The molecule has 0 aliphatic carbocycles. The molecule has 1 rings (SSSR count). The molecule has 0 saturated heterocycles. The molecule has 1 atom stereocenters. The number of nitrogen functional groups attached to an aromatic ring is 1. The lowest BCUT2D eigenvalue weighted by Gasteiger charge is -2.15. The van der Waals surface area contributed by atoms with E-state index in [2.05, 4.69) is 11.6 Å². The Balaban J connectivity index is 2.78. The molecule has 0 bridgehead atoms. The Labute approximate surface area is 130 Å². The van der Waals surface area contributed by atoms with Gasteiger partial charge in [-0.25, -0.2) is 17.5 Å². The van der Waals surface area contributed by atoms with E-state index in [-0.39, 0.29) is 16.8 Å². The van der Waals surface area contributed by atoms with Gasteiger partial charge in [0.05, 0.1) is 5.69 Å². The second-order valence-electron chi connectivity index (χ2n) is 5.18. The van der Waals surface area contributed by atoms with E-state index in [0.29, 0.717) is 6.42 Å². The van der Waals surface area contributed by atoms with E-state index in [1.807, 2.05) is 0 Å². The standard InChI is InChI=1S/C14H22ClFN2O2S/c1-3-4-5-6-7-10(2)18-21(19,20)13-9-11(15)8-12(17)14(13)16/h8-10,18H,3-7,17H2,1-2H3. The van der Waals surface area contributed by atoms with Crippen LogP contribution < -0.4 is 10.5 Å². The summed E-state index contributed by atoms with van der Waals surface area (Å²) in [6, 6.07) is 1.98. The van der Waals surface area contributed by atoms with Crippen LogP contribution in [0, 0.1) is 5.82 Å². The maximum atomic E-state index is 13.9. The van der Waals surface area contributed by atoms with Crippen LogP contribution in [0.5, 0.6) is 0 Å². The first-order valence-electron chi connectivity index (χ1n) is 7.04. The van der Waals surface area contributed by atoms with Crippen LogP contribution in [0.25, 0.3) is 0 Å². The highest BCUT2D eigenvalue weighted by Gasteiger charge is 2.23. The molecule has 0 heterocycles. The van der Waals surface area contributed by atoms with Gasteiger partial charge >= 0.3 is 0 Å². The highest BCUT2D eigenvalue weighted by Crippen LogP contribution is 2.25. The molecule has 1 aromatic rings. The predicted molar refractivity (Wildman–Crippen MR) is 84.4 cm³/mol. The number of halogens is 2. The van der Waals surface area contributed by atoms with E-state index < -0.39 is 20.7 Å². The summed E-state index contributed by atoms with van der Waals surface area (Å²) in [6.07, 6.45) is 4.93. The molecule has 3 N–H and O–H groups in total. The predicted octanol–water partition coefficient (Wildman–Crippen LogP) is 3.70. The van der Waals surface area contributed by atoms with Gasteiger partial charge in [-0.3, -0.25) is 0 Å². The summed E-state index contributed by atoms with van der Waals surface area (Å²) in [5.74, 6) is -0.968. The number of anilines is 1. The van der Waals surface area contributed by atoms with E-state index in [4.69, 9.17) is 17.3 Å². The van der Waals surface area contributed by atoms with Crippen molar-refractivity contribution in [1.29, 1.82) is 0 Å². The van der Waals surface area contributed by atoms with Gasteiger partial charge in [0.1, 0.15) is 4.90 Å². The van der Waals surface area contributed by atoms with Gasteiger partial charge in [0.2, 0.25) is 10.0 Å². The van der Waals surface area contributed by atoms with Crippen molar-refractivity contribution >= 4 is 27.3 Å². The van der Waals surface area contributed by atoms with E-state index in [1.54, 1.807) is 6.92 Å². The Hall–Kier alpha value is -0.850. The number of sulfonamides is 1. The van der Waals surface area contributed by atoms with Gasteiger partial charge in [-0.05, 0) is 25.5 Å². The molecule has 7 heteroatoms. The van der Waals surface area contributed by atoms with Crippen LogP contribution in [0.3, 0.4) is 0 Å². The molecule has 21 heavy (non-hydrogen) atoms. The largest absolute Gasteiger partial charge is 0.396 e. The maximum absolute atomic E-state index is 13.9. The SMILES string of the molecule is CCCCCCC(C)NS(=O)(=O)c1cc(Cl)cc(N)c1F. The second kappa shape index (κ2) is 7.96. The van der Waals surface area contributed by atoms with Crippen molar-refractivity contribution in [1.82, 2.24) is 4.72 Å². The molecule has 0 aromatic heterocycles. The van der Waals surface area contributed by atoms with Crippen molar-refractivity contribution in [2.75, 3.05) is 5.73 Å². The van der Waals surface area contributed by atoms with E-state index in [0.717, 1.165) is 31.7 Å². The van der Waals surface area contributed by atoms with Gasteiger partial charge < -0.3 is 5.73 Å². The van der Waals surface area contributed by atoms with Gasteiger partial charge in [0.25, 0.3) is 0 Å². The fraction of sp³-hybridized carbons (Fsp3) is 0.571. The molecule has 1 unspecified atom stereocenters. The van der Waals surface area contributed by atoms with Crippen LogP contribution >= 0.6 is 11.6 Å². The Morgan fingerprint density at radius 2 is 2.00 bits per heavy atom. The van der Waals surface area contributed by atoms with Crippen molar-refractivity contribution < 1.29 is 12.8 Å². The fourth-order valence-corrected chi connectivity index (χ4v) is 3.75. The lowest BCUT2D eigenvalue weighted by molar-refractivity contribution is 0.515. The summed E-state index contributed by atoms with van der Waals surface area (Å²) in [6.45, 7) is 3.87. The van der Waals surface area contributed by atoms with Crippen LogP contribution in [0.15, 0.2) is 17.0 Å². The maximum Gasteiger partial charge on any atom is 0.243 e. The van der Waals surface area contributed by atoms with E-state index in [9.17, 15) is 12.8 Å². The molecule has 0 amide bonds. The number of nitrogens with one attached hydrogen (secondary N) is 1. The summed E-state index contributed by atoms with van der Waals surface area (Å²) in [5.41, 5.74) is 5.13. The highest BCUT2D eigenvalue weighted by molar-refractivity contribution is 7.89. The van der Waals surface area contributed by atoms with Crippen molar-refractivity contribution in [2.45, 2.75) is 56.9 Å². The van der Waals surface area contributed by atoms with Crippen LogP contribution in [0.1, 0.15) is 46.0 Å². The third-order valence-corrected chi connectivity index (χ3v) is 4.98. The third kappa shape index (κ3) is 5.45. The first-order chi connectivity index (χ1) is 9.77. The normalized spacial score (nSPS) is 13.3. The summed E-state index contributed by atoms with van der Waals surface area (Å²) in [4.78, 5) is -0.507. The quantitative estimate of drug-likeness (QED) is 0.561. The average molecular weight is 337 g/mol. The molecule has 0 aliphatic rings. The second-order valence-corrected chi connectivity index (χ2v) is 7.30. The average Bonchev–Trinajstić information content (AvgIpc) is 2.38. The van der Waals surface area contributed by atoms with Crippen LogP contribution in [-0.2, 0) is 10.0 Å². The fourth-order valence-electron chi connectivity index (χ4n) is 2.04. The molecule has 0 fully saturated rings. The summed E-state index contributed by atoms with van der Waals surface area (Å²) in [5, 5.41) is 0.0878. The molecule has 0 saturated carbocycles. The van der Waals surface area contributed by atoms with Crippen LogP contribution in [0.4, 0.5) is 10.1 Å². The summed E-state index contributed by atoms with van der Waals surface area (Å²) < 4.78 is 40.7. The first kappa shape index (κ1) is 18.2. The Bertz CT molecular complexity index is 579. The van der Waals surface area contributed by atoms with Crippen molar-refractivity contribution in [3.8, 4) is 0 Å². The Kier molecular flexibility index (Phi) is 6.90. The van der Waals surface area contributed by atoms with Gasteiger partial charge in [-0.1, -0.05) is 44.2 Å². The molecule has 0 spiro atoms. The molecule has 0 radical (unpaired) electrons. The van der Waals surface area contributed by atoms with Gasteiger partial charge in [-0.2, -0.15) is 0 Å². The number of benzene rings is 1. The number of nitrogens with two attached hydrogens (primary N) is 1. The molecule has 4 nitrogen and oxygen atoms in total. The van der Waals surface area contributed by atoms with Crippen LogP contribution in [0.2, 0.25) is 5.02 Å². The number of hydrogen-bond donors (Lipinski definition) is 2. The topological polar surface area (TPSA) is 72.2 Å². The zero-order chi connectivity index (χ0) is 16.0. The molecule has 1 aromatic carbocycles. The van der Waals surface area contributed by atoms with E-state index >= 15 is 0 Å². The van der Waals surface area contributed by atoms with Crippen molar-refractivity contribution in [3.63, 3.8) is 0 Å². The van der Waals surface area contributed by atoms with Gasteiger partial charge in [-0.15, -0.1) is 0 Å². The van der Waals surface area contributed by atoms with E-state index in [1.165, 1.54) is 6.07 Å². The molecule has 120 valence electrons. The Morgan fingerprint density at radius 1 is 1.33 bits per heavy atom. The number of rotatable bonds is 8. The molecule has 0 aliphatic heterocycles. The zero-order valence-electron chi connectivity index (χ0n) is 12.3. The monoisotopic (exact) mass is 336 g/mol. The first-order valence-corrected chi connectivity index (χ1v) is 8.91. The Morgan fingerprint density at radius 3 is 2.62 bits per heavy atom. The number of hydrogen-bond acceptors (Lipinski definition) is 3. The number of unbranched alkanes of at least 4 members (excludes halogenated alkanes) is 3. The highest BCUT2D eigenvalue weighted by atomic mass is 35.5.